The van der Waals surface area contributed by atoms with Crippen LogP contribution in [-0.2, 0) is 11.3 Å². The average Bonchev–Trinajstić information content (AvgIpc) is 2.66. The van der Waals surface area contributed by atoms with Crippen LogP contribution in [0.25, 0.3) is 0 Å². The zero-order chi connectivity index (χ0) is 14.3. The van der Waals surface area contributed by atoms with Crippen LogP contribution in [0.3, 0.4) is 0 Å². The van der Waals surface area contributed by atoms with Crippen molar-refractivity contribution < 1.29 is 9.59 Å². The van der Waals surface area contributed by atoms with Crippen LogP contribution in [0.1, 0.15) is 15.9 Å². The van der Waals surface area contributed by atoms with Gasteiger partial charge >= 0.3 is 0 Å². The van der Waals surface area contributed by atoms with Crippen molar-refractivity contribution in [2.45, 2.75) is 6.54 Å². The highest BCUT2D eigenvalue weighted by Crippen LogP contribution is 2.36. The van der Waals surface area contributed by atoms with Crippen LogP contribution in [0.5, 0.6) is 0 Å². The van der Waals surface area contributed by atoms with Crippen molar-refractivity contribution in [3.63, 3.8) is 0 Å². The van der Waals surface area contributed by atoms with E-state index in [2.05, 4.69) is 20.9 Å². The van der Waals surface area contributed by atoms with Crippen molar-refractivity contribution >= 4 is 44.9 Å². The fourth-order valence-corrected chi connectivity index (χ4v) is 2.88. The second-order valence-corrected chi connectivity index (χ2v) is 5.69. The molecule has 20 heavy (non-hydrogen) atoms. The molecule has 0 saturated heterocycles. The third kappa shape index (κ3) is 2.13. The Labute approximate surface area is 128 Å². The van der Waals surface area contributed by atoms with Crippen LogP contribution in [0.4, 0.5) is 5.69 Å². The van der Waals surface area contributed by atoms with Crippen molar-refractivity contribution in [3.8, 4) is 0 Å². The van der Waals surface area contributed by atoms with Gasteiger partial charge in [-0.2, -0.15) is 0 Å². The lowest BCUT2D eigenvalue weighted by Crippen LogP contribution is -2.29. The standard InChI is InChI=1S/C14H8BrClN2O2/c15-9-4-8(5-17-6-9)7-18-12-10(13(19)14(18)20)2-1-3-11(12)16/h1-6H,7H2. The first-order valence-electron chi connectivity index (χ1n) is 5.82. The lowest BCUT2D eigenvalue weighted by Gasteiger charge is -2.17. The second kappa shape index (κ2) is 5.00. The molecule has 0 atom stereocenters. The van der Waals surface area contributed by atoms with Crippen molar-refractivity contribution in [1.29, 1.82) is 0 Å². The molecule has 0 radical (unpaired) electrons. The molecule has 100 valence electrons. The third-order valence-electron chi connectivity index (χ3n) is 3.04. The van der Waals surface area contributed by atoms with E-state index < -0.39 is 11.7 Å². The molecule has 2 heterocycles. The maximum absolute atomic E-state index is 12.1. The summed E-state index contributed by atoms with van der Waals surface area (Å²) in [4.78, 5) is 29.5. The number of fused-ring (bicyclic) bond motifs is 1. The fraction of sp³-hybridized carbons (Fsp3) is 0.0714. The van der Waals surface area contributed by atoms with E-state index in [0.29, 0.717) is 16.3 Å². The Morgan fingerprint density at radius 2 is 2.05 bits per heavy atom. The number of Topliss-reactive ketones (excluding diaryl/α,β-unsaturated/α-hetero) is 1. The molecule has 1 aromatic heterocycles. The van der Waals surface area contributed by atoms with Crippen LogP contribution in [-0.4, -0.2) is 16.7 Å². The second-order valence-electron chi connectivity index (χ2n) is 4.37. The molecule has 1 aliphatic heterocycles. The van der Waals surface area contributed by atoms with E-state index in [9.17, 15) is 9.59 Å². The topological polar surface area (TPSA) is 50.3 Å². The number of para-hydroxylation sites is 1. The molecule has 0 fully saturated rings. The zero-order valence-electron chi connectivity index (χ0n) is 10.1. The molecule has 1 amide bonds. The number of hydrogen-bond acceptors (Lipinski definition) is 3. The van der Waals surface area contributed by atoms with Crippen LogP contribution >= 0.6 is 27.5 Å². The number of pyridine rings is 1. The highest BCUT2D eigenvalue weighted by molar-refractivity contribution is 9.10. The quantitative estimate of drug-likeness (QED) is 0.781. The van der Waals surface area contributed by atoms with E-state index in [1.807, 2.05) is 6.07 Å². The summed E-state index contributed by atoms with van der Waals surface area (Å²) in [7, 11) is 0. The Morgan fingerprint density at radius 1 is 1.25 bits per heavy atom. The highest BCUT2D eigenvalue weighted by atomic mass is 79.9. The van der Waals surface area contributed by atoms with Gasteiger partial charge in [0, 0.05) is 16.9 Å². The van der Waals surface area contributed by atoms with E-state index in [4.69, 9.17) is 11.6 Å². The number of rotatable bonds is 2. The van der Waals surface area contributed by atoms with Crippen molar-refractivity contribution in [3.05, 3.63) is 57.3 Å². The Balaban J connectivity index is 2.03. The van der Waals surface area contributed by atoms with Gasteiger partial charge < -0.3 is 0 Å². The van der Waals surface area contributed by atoms with Crippen LogP contribution < -0.4 is 4.90 Å². The fourth-order valence-electron chi connectivity index (χ4n) is 2.19. The summed E-state index contributed by atoms with van der Waals surface area (Å²) in [5, 5.41) is 0.393. The van der Waals surface area contributed by atoms with Crippen LogP contribution in [0.15, 0.2) is 41.1 Å². The van der Waals surface area contributed by atoms with Gasteiger partial charge in [0.25, 0.3) is 11.7 Å². The summed E-state index contributed by atoms with van der Waals surface area (Å²) in [6, 6.07) is 6.79. The minimum Gasteiger partial charge on any atom is -0.299 e. The number of halogens is 2. The summed E-state index contributed by atoms with van der Waals surface area (Å²) in [6.45, 7) is 0.258. The average molecular weight is 352 g/mol. The first kappa shape index (κ1) is 13.3. The number of carbonyl (C=O) groups excluding carboxylic acids is 2. The molecular weight excluding hydrogens is 344 g/mol. The molecule has 6 heteroatoms. The van der Waals surface area contributed by atoms with Gasteiger partial charge in [-0.1, -0.05) is 17.7 Å². The van der Waals surface area contributed by atoms with E-state index in [0.717, 1.165) is 10.0 Å². The molecular formula is C14H8BrClN2O2. The first-order valence-corrected chi connectivity index (χ1v) is 6.99. The van der Waals surface area contributed by atoms with Crippen LogP contribution in [0, 0.1) is 0 Å². The summed E-state index contributed by atoms with van der Waals surface area (Å²) in [6.07, 6.45) is 3.30. The number of nitrogens with zero attached hydrogens (tertiary/aromatic N) is 2. The molecule has 1 aromatic carbocycles. The van der Waals surface area contributed by atoms with Gasteiger partial charge in [-0.3, -0.25) is 19.5 Å². The predicted molar refractivity (Wildman–Crippen MR) is 78.9 cm³/mol. The Hall–Kier alpha value is -1.72. The number of anilines is 1. The maximum Gasteiger partial charge on any atom is 0.299 e. The Morgan fingerprint density at radius 3 is 2.80 bits per heavy atom. The highest BCUT2D eigenvalue weighted by Gasteiger charge is 2.37. The molecule has 0 spiro atoms. The summed E-state index contributed by atoms with van der Waals surface area (Å²) in [5.41, 5.74) is 1.64. The minimum atomic E-state index is -0.562. The molecule has 0 bridgehead atoms. The van der Waals surface area contributed by atoms with Gasteiger partial charge in [0.05, 0.1) is 22.8 Å². The molecule has 3 rings (SSSR count). The molecule has 4 nitrogen and oxygen atoms in total. The largest absolute Gasteiger partial charge is 0.299 e. The number of hydrogen-bond donors (Lipinski definition) is 0. The summed E-state index contributed by atoms with van der Waals surface area (Å²) < 4.78 is 0.812. The normalized spacial score (nSPS) is 13.8. The number of amides is 1. The zero-order valence-corrected chi connectivity index (χ0v) is 12.5. The molecule has 2 aromatic rings. The van der Waals surface area contributed by atoms with Crippen molar-refractivity contribution in [1.82, 2.24) is 4.98 Å². The number of aromatic nitrogens is 1. The van der Waals surface area contributed by atoms with Gasteiger partial charge in [0.2, 0.25) is 0 Å². The van der Waals surface area contributed by atoms with Gasteiger partial charge in [0.1, 0.15) is 0 Å². The minimum absolute atomic E-state index is 0.258. The molecule has 0 aliphatic carbocycles. The Kier molecular flexibility index (Phi) is 3.31. The van der Waals surface area contributed by atoms with E-state index >= 15 is 0 Å². The lowest BCUT2D eigenvalue weighted by atomic mass is 10.1. The maximum atomic E-state index is 12.1. The van der Waals surface area contributed by atoms with Gasteiger partial charge in [-0.05, 0) is 39.7 Å². The van der Waals surface area contributed by atoms with Gasteiger partial charge in [-0.15, -0.1) is 0 Å². The van der Waals surface area contributed by atoms with Crippen LogP contribution in [0.2, 0.25) is 5.02 Å². The number of carbonyl (C=O) groups is 2. The Bertz CT molecular complexity index is 733. The van der Waals surface area contributed by atoms with E-state index in [1.165, 1.54) is 4.90 Å². The van der Waals surface area contributed by atoms with Crippen molar-refractivity contribution in [2.24, 2.45) is 0 Å². The summed E-state index contributed by atoms with van der Waals surface area (Å²) in [5.74, 6) is -1.08. The molecule has 0 saturated carbocycles. The molecule has 0 N–H and O–H groups in total. The van der Waals surface area contributed by atoms with E-state index in [1.54, 1.807) is 30.6 Å². The van der Waals surface area contributed by atoms with Crippen molar-refractivity contribution in [2.75, 3.05) is 4.90 Å². The monoisotopic (exact) mass is 350 g/mol. The number of benzene rings is 1. The van der Waals surface area contributed by atoms with E-state index in [-0.39, 0.29) is 6.54 Å². The third-order valence-corrected chi connectivity index (χ3v) is 3.78. The van der Waals surface area contributed by atoms with Gasteiger partial charge in [0.15, 0.2) is 0 Å². The summed E-state index contributed by atoms with van der Waals surface area (Å²) >= 11 is 9.45. The smallest absolute Gasteiger partial charge is 0.299 e. The molecule has 1 aliphatic rings. The molecule has 0 unspecified atom stereocenters. The first-order chi connectivity index (χ1) is 9.58. The predicted octanol–water partition coefficient (Wildman–Crippen LogP) is 3.23. The van der Waals surface area contributed by atoms with Gasteiger partial charge in [-0.25, -0.2) is 0 Å². The number of ketones is 1. The lowest BCUT2D eigenvalue weighted by molar-refractivity contribution is -0.114. The SMILES string of the molecule is O=C1C(=O)N(Cc2cncc(Br)c2)c2c(Cl)cccc21.